The molecule has 68 valence electrons. The van der Waals surface area contributed by atoms with Crippen LogP contribution in [0.2, 0.25) is 0 Å². The number of hydrogen-bond donors (Lipinski definition) is 1. The van der Waals surface area contributed by atoms with Gasteiger partial charge in [-0.3, -0.25) is 0 Å². The molecule has 0 saturated heterocycles. The smallest absolute Gasteiger partial charge is 0.315 e. The molecule has 4 heteroatoms. The highest BCUT2D eigenvalue weighted by Crippen LogP contribution is 2.09. The molecule has 1 rings (SSSR count). The molecule has 0 amide bonds. The van der Waals surface area contributed by atoms with Gasteiger partial charge in [0.25, 0.3) is 0 Å². The van der Waals surface area contributed by atoms with Crippen molar-refractivity contribution in [2.45, 2.75) is 33.7 Å². The molecule has 0 aliphatic heterocycles. The molecule has 1 heterocycles. The van der Waals surface area contributed by atoms with Gasteiger partial charge in [0, 0.05) is 13.0 Å². The van der Waals surface area contributed by atoms with E-state index < -0.39 is 0 Å². The van der Waals surface area contributed by atoms with Crippen LogP contribution in [0.15, 0.2) is 4.42 Å². The molecule has 4 nitrogen and oxygen atoms in total. The van der Waals surface area contributed by atoms with Gasteiger partial charge in [0.15, 0.2) is 0 Å². The molecule has 0 saturated carbocycles. The van der Waals surface area contributed by atoms with Gasteiger partial charge in [0.2, 0.25) is 5.89 Å². The molecular weight excluding hydrogens is 154 g/mol. The SMILES string of the molecule is Cc1nnc(NC(C)C(C)C)o1. The highest BCUT2D eigenvalue weighted by molar-refractivity contribution is 5.18. The van der Waals surface area contributed by atoms with Crippen LogP contribution in [0, 0.1) is 12.8 Å². The summed E-state index contributed by atoms with van der Waals surface area (Å²) in [5.41, 5.74) is 0. The minimum atomic E-state index is 0.352. The molecule has 0 spiro atoms. The van der Waals surface area contributed by atoms with Crippen molar-refractivity contribution < 1.29 is 4.42 Å². The third-order valence-corrected chi connectivity index (χ3v) is 1.88. The van der Waals surface area contributed by atoms with Crippen molar-refractivity contribution in [1.82, 2.24) is 10.2 Å². The molecule has 0 aliphatic rings. The molecule has 0 bridgehead atoms. The Labute approximate surface area is 72.4 Å². The van der Waals surface area contributed by atoms with E-state index in [0.29, 0.717) is 23.9 Å². The number of aromatic nitrogens is 2. The average molecular weight is 169 g/mol. The van der Waals surface area contributed by atoms with Gasteiger partial charge in [0.05, 0.1) is 0 Å². The van der Waals surface area contributed by atoms with E-state index in [2.05, 4.69) is 36.3 Å². The van der Waals surface area contributed by atoms with E-state index >= 15 is 0 Å². The van der Waals surface area contributed by atoms with Crippen LogP contribution in [0.3, 0.4) is 0 Å². The van der Waals surface area contributed by atoms with E-state index in [1.54, 1.807) is 6.92 Å². The van der Waals surface area contributed by atoms with Crippen molar-refractivity contribution in [3.8, 4) is 0 Å². The summed E-state index contributed by atoms with van der Waals surface area (Å²) in [7, 11) is 0. The highest BCUT2D eigenvalue weighted by Gasteiger charge is 2.09. The van der Waals surface area contributed by atoms with E-state index in [9.17, 15) is 0 Å². The maximum Gasteiger partial charge on any atom is 0.315 e. The maximum absolute atomic E-state index is 5.17. The van der Waals surface area contributed by atoms with Crippen molar-refractivity contribution in [1.29, 1.82) is 0 Å². The fourth-order valence-corrected chi connectivity index (χ4v) is 0.716. The summed E-state index contributed by atoms with van der Waals surface area (Å²) in [6, 6.07) is 0.860. The van der Waals surface area contributed by atoms with E-state index in [-0.39, 0.29) is 0 Å². The molecule has 1 N–H and O–H groups in total. The number of anilines is 1. The first kappa shape index (κ1) is 9.03. The Balaban J connectivity index is 2.52. The van der Waals surface area contributed by atoms with Gasteiger partial charge in [0.1, 0.15) is 0 Å². The van der Waals surface area contributed by atoms with Crippen molar-refractivity contribution in [3.63, 3.8) is 0 Å². The lowest BCUT2D eigenvalue weighted by Crippen LogP contribution is -2.21. The maximum atomic E-state index is 5.17. The molecule has 0 aliphatic carbocycles. The first-order valence-electron chi connectivity index (χ1n) is 4.16. The van der Waals surface area contributed by atoms with Crippen LogP contribution in [0.25, 0.3) is 0 Å². The summed E-state index contributed by atoms with van der Waals surface area (Å²) < 4.78 is 5.17. The fourth-order valence-electron chi connectivity index (χ4n) is 0.716. The van der Waals surface area contributed by atoms with Gasteiger partial charge >= 0.3 is 6.01 Å². The van der Waals surface area contributed by atoms with Gasteiger partial charge in [-0.25, -0.2) is 0 Å². The molecule has 1 aromatic heterocycles. The quantitative estimate of drug-likeness (QED) is 0.750. The van der Waals surface area contributed by atoms with Gasteiger partial charge in [-0.1, -0.05) is 18.9 Å². The second-order valence-corrected chi connectivity index (χ2v) is 3.30. The molecule has 0 aromatic carbocycles. The lowest BCUT2D eigenvalue weighted by atomic mass is 10.1. The topological polar surface area (TPSA) is 51.0 Å². The number of rotatable bonds is 3. The summed E-state index contributed by atoms with van der Waals surface area (Å²) in [5, 5.41) is 10.7. The van der Waals surface area contributed by atoms with Gasteiger partial charge in [-0.15, -0.1) is 5.10 Å². The Kier molecular flexibility index (Phi) is 2.68. The zero-order chi connectivity index (χ0) is 9.14. The van der Waals surface area contributed by atoms with Crippen molar-refractivity contribution in [2.24, 2.45) is 5.92 Å². The van der Waals surface area contributed by atoms with Crippen molar-refractivity contribution in [2.75, 3.05) is 5.32 Å². The molecule has 1 unspecified atom stereocenters. The number of nitrogens with one attached hydrogen (secondary N) is 1. The summed E-state index contributed by atoms with van der Waals surface area (Å²) in [4.78, 5) is 0. The molecule has 1 atom stereocenters. The summed E-state index contributed by atoms with van der Waals surface area (Å²) in [6.07, 6.45) is 0. The summed E-state index contributed by atoms with van der Waals surface area (Å²) in [6.45, 7) is 8.14. The lowest BCUT2D eigenvalue weighted by molar-refractivity contribution is 0.497. The minimum absolute atomic E-state index is 0.352. The Morgan fingerprint density at radius 1 is 1.25 bits per heavy atom. The fraction of sp³-hybridized carbons (Fsp3) is 0.750. The summed E-state index contributed by atoms with van der Waals surface area (Å²) >= 11 is 0. The molecule has 0 radical (unpaired) electrons. The molecule has 0 fully saturated rings. The lowest BCUT2D eigenvalue weighted by Gasteiger charge is -2.14. The van der Waals surface area contributed by atoms with E-state index in [0.717, 1.165) is 0 Å². The van der Waals surface area contributed by atoms with Crippen LogP contribution in [0.5, 0.6) is 0 Å². The molecule has 12 heavy (non-hydrogen) atoms. The third kappa shape index (κ3) is 2.22. The molecule has 1 aromatic rings. The Morgan fingerprint density at radius 2 is 1.92 bits per heavy atom. The highest BCUT2D eigenvalue weighted by atomic mass is 16.4. The van der Waals surface area contributed by atoms with Crippen LogP contribution in [0.4, 0.5) is 6.01 Å². The Bertz CT molecular complexity index is 244. The van der Waals surface area contributed by atoms with Crippen LogP contribution in [-0.4, -0.2) is 16.2 Å². The van der Waals surface area contributed by atoms with Crippen LogP contribution in [0.1, 0.15) is 26.7 Å². The van der Waals surface area contributed by atoms with Gasteiger partial charge < -0.3 is 9.73 Å². The minimum Gasteiger partial charge on any atom is -0.408 e. The standard InChI is InChI=1S/C8H15N3O/c1-5(2)6(3)9-8-11-10-7(4)12-8/h5-6H,1-4H3,(H,9,11). The van der Waals surface area contributed by atoms with Gasteiger partial charge in [-0.2, -0.15) is 0 Å². The van der Waals surface area contributed by atoms with Crippen LogP contribution in [-0.2, 0) is 0 Å². The predicted octanol–water partition coefficient (Wildman–Crippen LogP) is 1.83. The van der Waals surface area contributed by atoms with Crippen LogP contribution >= 0.6 is 0 Å². The first-order valence-corrected chi connectivity index (χ1v) is 4.16. The van der Waals surface area contributed by atoms with Crippen LogP contribution < -0.4 is 5.32 Å². The third-order valence-electron chi connectivity index (χ3n) is 1.88. The van der Waals surface area contributed by atoms with Gasteiger partial charge in [-0.05, 0) is 12.8 Å². The number of nitrogens with zero attached hydrogens (tertiary/aromatic N) is 2. The molecular formula is C8H15N3O. The zero-order valence-electron chi connectivity index (χ0n) is 7.96. The number of aryl methyl sites for hydroxylation is 1. The van der Waals surface area contributed by atoms with E-state index in [1.165, 1.54) is 0 Å². The average Bonchev–Trinajstić information content (AvgIpc) is 2.35. The Morgan fingerprint density at radius 3 is 2.33 bits per heavy atom. The second-order valence-electron chi connectivity index (χ2n) is 3.30. The number of hydrogen-bond acceptors (Lipinski definition) is 4. The second kappa shape index (κ2) is 3.56. The zero-order valence-corrected chi connectivity index (χ0v) is 7.96. The Hall–Kier alpha value is -1.06. The normalized spacial score (nSPS) is 13.4. The largest absolute Gasteiger partial charge is 0.408 e. The van der Waals surface area contributed by atoms with E-state index in [4.69, 9.17) is 4.42 Å². The first-order chi connectivity index (χ1) is 5.59. The monoisotopic (exact) mass is 169 g/mol. The van der Waals surface area contributed by atoms with Crippen molar-refractivity contribution >= 4 is 6.01 Å². The van der Waals surface area contributed by atoms with Crippen molar-refractivity contribution in [3.05, 3.63) is 5.89 Å². The predicted molar refractivity (Wildman–Crippen MR) is 47.0 cm³/mol. The summed E-state index contributed by atoms with van der Waals surface area (Å²) in [5.74, 6) is 1.14. The van der Waals surface area contributed by atoms with E-state index in [1.807, 2.05) is 0 Å².